The average molecular weight is 221 g/mol. The SMILES string of the molecule is CCc1cc(CC)[c]([Mg][Cl])c(CC)c1. The van der Waals surface area contributed by atoms with Gasteiger partial charge in [-0.15, -0.1) is 3.69 Å². The van der Waals surface area contributed by atoms with E-state index in [-0.39, 0.29) is 0 Å². The first-order chi connectivity index (χ1) is 6.76. The van der Waals surface area contributed by atoms with Gasteiger partial charge in [-0.3, -0.25) is 0 Å². The lowest BCUT2D eigenvalue weighted by Crippen LogP contribution is -2.21. The lowest BCUT2D eigenvalue weighted by atomic mass is 10.0. The van der Waals surface area contributed by atoms with E-state index in [0.29, 0.717) is 0 Å². The minimum Gasteiger partial charge on any atom is -0.336 e. The van der Waals surface area contributed by atoms with E-state index in [2.05, 4.69) is 32.9 Å². The van der Waals surface area contributed by atoms with E-state index < -0.39 is 19.3 Å². The molecule has 0 radical (unpaired) electrons. The van der Waals surface area contributed by atoms with Gasteiger partial charge in [-0.1, -0.05) is 44.0 Å². The molecule has 0 N–H and O–H groups in total. The zero-order chi connectivity index (χ0) is 10.6. The maximum atomic E-state index is 6.13. The molecule has 0 saturated carbocycles. The third kappa shape index (κ3) is 2.65. The number of hydrogen-bond donors (Lipinski definition) is 0. The fourth-order valence-electron chi connectivity index (χ4n) is 1.88. The van der Waals surface area contributed by atoms with Gasteiger partial charge in [0.05, 0.1) is 0 Å². The van der Waals surface area contributed by atoms with Gasteiger partial charge >= 0.3 is 19.3 Å². The normalized spacial score (nSPS) is 10.0. The van der Waals surface area contributed by atoms with Gasteiger partial charge in [-0.2, -0.15) is 0 Å². The standard InChI is InChI=1S/C12H17.ClH.Mg/c1-4-10-7-11(5-2)9-12(6-3)8-10;;/h7-8H,4-6H2,1-3H3;1H;/q;;+1/p-1. The van der Waals surface area contributed by atoms with Gasteiger partial charge in [0.15, 0.2) is 0 Å². The third-order valence-corrected chi connectivity index (χ3v) is 4.78. The smallest absolute Gasteiger partial charge is 0.336 e. The highest BCUT2D eigenvalue weighted by Gasteiger charge is 2.08. The van der Waals surface area contributed by atoms with Crippen molar-refractivity contribution in [3.05, 3.63) is 28.8 Å². The van der Waals surface area contributed by atoms with Crippen LogP contribution in [0.1, 0.15) is 37.5 Å². The Morgan fingerprint density at radius 2 is 1.50 bits per heavy atom. The Hall–Kier alpha value is 0.276. The van der Waals surface area contributed by atoms with Crippen molar-refractivity contribution in [3.8, 4) is 0 Å². The summed E-state index contributed by atoms with van der Waals surface area (Å²) in [6.45, 7) is 6.66. The monoisotopic (exact) mass is 220 g/mol. The van der Waals surface area contributed by atoms with E-state index in [4.69, 9.17) is 9.07 Å². The molecule has 0 atom stereocenters. The second-order valence-corrected chi connectivity index (χ2v) is 5.36. The van der Waals surface area contributed by atoms with E-state index in [1.807, 2.05) is 0 Å². The molecule has 0 saturated heterocycles. The van der Waals surface area contributed by atoms with E-state index in [0.717, 1.165) is 19.3 Å². The molecule has 0 bridgehead atoms. The zero-order valence-corrected chi connectivity index (χ0v) is 11.5. The molecule has 0 aliphatic carbocycles. The van der Waals surface area contributed by atoms with Crippen LogP contribution in [0.25, 0.3) is 0 Å². The molecule has 1 aromatic rings. The summed E-state index contributed by atoms with van der Waals surface area (Å²) in [6, 6.07) is 4.67. The lowest BCUT2D eigenvalue weighted by molar-refractivity contribution is 1.06. The van der Waals surface area contributed by atoms with Crippen LogP contribution in [-0.4, -0.2) is 19.3 Å². The van der Waals surface area contributed by atoms with Crippen molar-refractivity contribution in [1.29, 1.82) is 0 Å². The molecule has 0 nitrogen and oxygen atoms in total. The minimum atomic E-state index is -0.540. The van der Waals surface area contributed by atoms with Crippen molar-refractivity contribution in [1.82, 2.24) is 0 Å². The van der Waals surface area contributed by atoms with Crippen molar-refractivity contribution < 1.29 is 0 Å². The van der Waals surface area contributed by atoms with Crippen LogP contribution in [0, 0.1) is 0 Å². The topological polar surface area (TPSA) is 0 Å². The van der Waals surface area contributed by atoms with Crippen LogP contribution in [0.2, 0.25) is 0 Å². The number of hydrogen-bond acceptors (Lipinski definition) is 0. The number of halogens is 1. The Kier molecular flexibility index (Phi) is 5.28. The fourth-order valence-corrected chi connectivity index (χ4v) is 3.95. The summed E-state index contributed by atoms with van der Waals surface area (Å²) in [7, 11) is 6.13. The summed E-state index contributed by atoms with van der Waals surface area (Å²) in [5.41, 5.74) is 4.44. The summed E-state index contributed by atoms with van der Waals surface area (Å²) in [5, 5.41) is 0. The molecule has 0 aliphatic heterocycles. The van der Waals surface area contributed by atoms with Crippen LogP contribution >= 0.6 is 9.07 Å². The predicted molar refractivity (Wildman–Crippen MR) is 65.8 cm³/mol. The first-order valence-electron chi connectivity index (χ1n) is 5.46. The van der Waals surface area contributed by atoms with Gasteiger partial charge < -0.3 is 9.07 Å². The average Bonchev–Trinajstić information content (AvgIpc) is 2.26. The van der Waals surface area contributed by atoms with E-state index >= 15 is 0 Å². The first kappa shape index (κ1) is 12.3. The Labute approximate surface area is 101 Å². The zero-order valence-electron chi connectivity index (χ0n) is 9.36. The number of rotatable bonds is 4. The molecule has 0 fully saturated rings. The Balaban J connectivity index is 3.24. The van der Waals surface area contributed by atoms with Gasteiger partial charge in [-0.25, -0.2) is 0 Å². The van der Waals surface area contributed by atoms with E-state index in [1.165, 1.54) is 20.4 Å². The van der Waals surface area contributed by atoms with E-state index in [1.54, 1.807) is 0 Å². The van der Waals surface area contributed by atoms with Gasteiger partial charge in [0.1, 0.15) is 0 Å². The molecule has 0 unspecified atom stereocenters. The molecule has 0 amide bonds. The summed E-state index contributed by atoms with van der Waals surface area (Å²) >= 11 is -0.540. The third-order valence-electron chi connectivity index (χ3n) is 2.80. The lowest BCUT2D eigenvalue weighted by Gasteiger charge is -2.13. The molecule has 2 heteroatoms. The molecule has 0 heterocycles. The van der Waals surface area contributed by atoms with Crippen molar-refractivity contribution in [2.24, 2.45) is 0 Å². The molecule has 0 spiro atoms. The van der Waals surface area contributed by atoms with E-state index in [9.17, 15) is 0 Å². The second-order valence-electron chi connectivity index (χ2n) is 3.59. The summed E-state index contributed by atoms with van der Waals surface area (Å²) < 4.78 is 1.49. The predicted octanol–water partition coefficient (Wildman–Crippen LogP) is 2.86. The highest BCUT2D eigenvalue weighted by molar-refractivity contribution is 7.01. The van der Waals surface area contributed by atoms with Crippen LogP contribution in [0.5, 0.6) is 0 Å². The molecule has 1 rings (SSSR count). The molecule has 0 aliphatic rings. The highest BCUT2D eigenvalue weighted by Crippen LogP contribution is 2.10. The Bertz CT molecular complexity index is 282. The number of benzene rings is 1. The molecule has 0 aromatic heterocycles. The van der Waals surface area contributed by atoms with Gasteiger partial charge in [0.25, 0.3) is 0 Å². The van der Waals surface area contributed by atoms with Crippen molar-refractivity contribution >= 4 is 32.0 Å². The Morgan fingerprint density at radius 1 is 1.00 bits per heavy atom. The highest BCUT2D eigenvalue weighted by atomic mass is 35.5. The summed E-state index contributed by atoms with van der Waals surface area (Å²) in [5.74, 6) is 0. The van der Waals surface area contributed by atoms with Crippen molar-refractivity contribution in [2.75, 3.05) is 0 Å². The molecule has 14 heavy (non-hydrogen) atoms. The molecular weight excluding hydrogens is 204 g/mol. The van der Waals surface area contributed by atoms with Crippen LogP contribution in [-0.2, 0) is 19.3 Å². The summed E-state index contributed by atoms with van der Waals surface area (Å²) in [4.78, 5) is 0. The van der Waals surface area contributed by atoms with Crippen LogP contribution < -0.4 is 3.69 Å². The second kappa shape index (κ2) is 5.99. The maximum Gasteiger partial charge on any atom is 0.539 e. The fraction of sp³-hybridized carbons (Fsp3) is 0.500. The van der Waals surface area contributed by atoms with Gasteiger partial charge in [0, 0.05) is 0 Å². The van der Waals surface area contributed by atoms with Crippen LogP contribution in [0.4, 0.5) is 0 Å². The maximum absolute atomic E-state index is 6.13. The molecular formula is C12H17ClMg. The molecule has 74 valence electrons. The molecule has 1 aromatic carbocycles. The van der Waals surface area contributed by atoms with Crippen molar-refractivity contribution in [3.63, 3.8) is 0 Å². The van der Waals surface area contributed by atoms with Crippen LogP contribution in [0.15, 0.2) is 12.1 Å². The number of aryl methyl sites for hydroxylation is 3. The van der Waals surface area contributed by atoms with Crippen molar-refractivity contribution in [2.45, 2.75) is 40.0 Å². The summed E-state index contributed by atoms with van der Waals surface area (Å²) in [6.07, 6.45) is 3.37. The Morgan fingerprint density at radius 3 is 1.79 bits per heavy atom. The minimum absolute atomic E-state index is 0.540. The quantitative estimate of drug-likeness (QED) is 0.685. The van der Waals surface area contributed by atoms with Crippen LogP contribution in [0.3, 0.4) is 0 Å². The van der Waals surface area contributed by atoms with Gasteiger partial charge in [-0.05, 0) is 24.8 Å². The largest absolute Gasteiger partial charge is 0.539 e. The van der Waals surface area contributed by atoms with Gasteiger partial charge in [0.2, 0.25) is 0 Å². The first-order valence-corrected chi connectivity index (χ1v) is 8.30.